The van der Waals surface area contributed by atoms with Gasteiger partial charge in [-0.05, 0) is 55.7 Å². The fourth-order valence-corrected chi connectivity index (χ4v) is 3.42. The Bertz CT molecular complexity index is 662. The van der Waals surface area contributed by atoms with E-state index in [0.29, 0.717) is 17.5 Å². The van der Waals surface area contributed by atoms with Crippen LogP contribution in [0.4, 0.5) is 0 Å². The summed E-state index contributed by atoms with van der Waals surface area (Å²) in [4.78, 5) is 16.7. The van der Waals surface area contributed by atoms with E-state index in [4.69, 9.17) is 4.74 Å². The number of methoxy groups -OCH3 is 1. The molecule has 1 unspecified atom stereocenters. The first-order chi connectivity index (χ1) is 13.5. The van der Waals surface area contributed by atoms with Gasteiger partial charge in [-0.1, -0.05) is 25.5 Å². The van der Waals surface area contributed by atoms with Crippen molar-refractivity contribution in [3.63, 3.8) is 0 Å². The van der Waals surface area contributed by atoms with Crippen molar-refractivity contribution in [2.75, 3.05) is 27.3 Å². The number of carbonyl (C=O) groups excluding carboxylic acids is 1. The lowest BCUT2D eigenvalue weighted by molar-refractivity contribution is 0.0732. The summed E-state index contributed by atoms with van der Waals surface area (Å²) < 4.78 is 5.27. The molecule has 0 radical (unpaired) electrons. The van der Waals surface area contributed by atoms with E-state index < -0.39 is 0 Å². The lowest BCUT2D eigenvalue weighted by atomic mass is 9.67. The molecule has 6 nitrogen and oxygen atoms in total. The van der Waals surface area contributed by atoms with Crippen molar-refractivity contribution in [2.24, 2.45) is 10.4 Å². The Morgan fingerprint density at radius 1 is 1.31 bits per heavy atom. The van der Waals surface area contributed by atoms with Gasteiger partial charge in [0.1, 0.15) is 0 Å². The van der Waals surface area contributed by atoms with E-state index in [2.05, 4.69) is 27.9 Å². The molecule has 3 N–H and O–H groups in total. The van der Waals surface area contributed by atoms with Crippen molar-refractivity contribution in [3.05, 3.63) is 35.4 Å². The number of halogens is 1. The third kappa shape index (κ3) is 8.12. The van der Waals surface area contributed by atoms with Crippen LogP contribution in [0.3, 0.4) is 0 Å². The van der Waals surface area contributed by atoms with Gasteiger partial charge in [0.15, 0.2) is 5.96 Å². The maximum absolute atomic E-state index is 12.3. The predicted octanol–water partition coefficient (Wildman–Crippen LogP) is 3.70. The van der Waals surface area contributed by atoms with Crippen LogP contribution in [0.25, 0.3) is 0 Å². The minimum absolute atomic E-state index is 0. The normalized spacial score (nSPS) is 16.2. The number of benzene rings is 1. The van der Waals surface area contributed by atoms with Gasteiger partial charge < -0.3 is 20.7 Å². The molecule has 0 spiro atoms. The third-order valence-electron chi connectivity index (χ3n) is 5.74. The molecule has 0 heterocycles. The van der Waals surface area contributed by atoms with Crippen molar-refractivity contribution in [1.29, 1.82) is 0 Å². The zero-order valence-corrected chi connectivity index (χ0v) is 20.5. The van der Waals surface area contributed by atoms with Crippen LogP contribution in [0.2, 0.25) is 0 Å². The molecule has 1 saturated carbocycles. The first kappa shape index (κ1) is 25.7. The number of ether oxygens (including phenoxy) is 1. The number of nitrogens with one attached hydrogen (secondary N) is 3. The second-order valence-electron chi connectivity index (χ2n) is 7.86. The average Bonchev–Trinajstić information content (AvgIpc) is 2.69. The van der Waals surface area contributed by atoms with Crippen LogP contribution < -0.4 is 16.0 Å². The molecular formula is C22H37IN4O2. The molecule has 0 aliphatic heterocycles. The van der Waals surface area contributed by atoms with Gasteiger partial charge in [-0.3, -0.25) is 9.79 Å². The maximum Gasteiger partial charge on any atom is 0.251 e. The predicted molar refractivity (Wildman–Crippen MR) is 130 cm³/mol. The van der Waals surface area contributed by atoms with Gasteiger partial charge >= 0.3 is 0 Å². The first-order valence-electron chi connectivity index (χ1n) is 10.3. The van der Waals surface area contributed by atoms with E-state index in [1.165, 1.54) is 19.3 Å². The molecule has 7 heteroatoms. The van der Waals surface area contributed by atoms with Gasteiger partial charge in [-0.25, -0.2) is 0 Å². The Morgan fingerprint density at radius 2 is 2.07 bits per heavy atom. The highest BCUT2D eigenvalue weighted by molar-refractivity contribution is 14.0. The molecule has 1 aliphatic carbocycles. The Balaban J connectivity index is 0.00000420. The second-order valence-corrected chi connectivity index (χ2v) is 7.86. The summed E-state index contributed by atoms with van der Waals surface area (Å²) in [6.45, 7) is 6.41. The van der Waals surface area contributed by atoms with Crippen molar-refractivity contribution < 1.29 is 9.53 Å². The zero-order valence-electron chi connectivity index (χ0n) is 18.2. The molecule has 0 bridgehead atoms. The Kier molecular flexibility index (Phi) is 11.6. The quantitative estimate of drug-likeness (QED) is 0.252. The average molecular weight is 516 g/mol. The SMILES string of the molecule is CCC(C)NC(=O)c1cccc(CNC(=NC)NCC2(CCOC)CCC2)c1.I. The molecule has 29 heavy (non-hydrogen) atoms. The number of aliphatic imine (C=N–C) groups is 1. The van der Waals surface area contributed by atoms with E-state index in [9.17, 15) is 4.79 Å². The van der Waals surface area contributed by atoms with Gasteiger partial charge in [0.05, 0.1) is 0 Å². The van der Waals surface area contributed by atoms with E-state index in [1.54, 1.807) is 14.2 Å². The van der Waals surface area contributed by atoms with Gasteiger partial charge in [-0.15, -0.1) is 24.0 Å². The highest BCUT2D eigenvalue weighted by atomic mass is 127. The maximum atomic E-state index is 12.3. The number of hydrogen-bond donors (Lipinski definition) is 3. The summed E-state index contributed by atoms with van der Waals surface area (Å²) in [5.41, 5.74) is 2.08. The summed E-state index contributed by atoms with van der Waals surface area (Å²) in [6, 6.07) is 7.90. The lowest BCUT2D eigenvalue weighted by Gasteiger charge is -2.42. The number of guanidine groups is 1. The van der Waals surface area contributed by atoms with Gasteiger partial charge in [0.2, 0.25) is 0 Å². The van der Waals surface area contributed by atoms with E-state index in [1.807, 2.05) is 31.2 Å². The smallest absolute Gasteiger partial charge is 0.251 e. The topological polar surface area (TPSA) is 74.8 Å². The van der Waals surface area contributed by atoms with E-state index in [-0.39, 0.29) is 35.9 Å². The van der Waals surface area contributed by atoms with Crippen LogP contribution in [0.15, 0.2) is 29.3 Å². The van der Waals surface area contributed by atoms with E-state index >= 15 is 0 Å². The molecule has 1 aromatic rings. The van der Waals surface area contributed by atoms with Crippen LogP contribution in [0.1, 0.15) is 61.9 Å². The molecule has 1 aromatic carbocycles. The summed E-state index contributed by atoms with van der Waals surface area (Å²) >= 11 is 0. The Morgan fingerprint density at radius 3 is 2.66 bits per heavy atom. The van der Waals surface area contributed by atoms with Gasteiger partial charge in [0, 0.05) is 45.5 Å². The van der Waals surface area contributed by atoms with Crippen molar-refractivity contribution >= 4 is 35.8 Å². The number of amides is 1. The summed E-state index contributed by atoms with van der Waals surface area (Å²) in [6.07, 6.45) is 5.78. The number of carbonyl (C=O) groups is 1. The number of rotatable bonds is 10. The highest BCUT2D eigenvalue weighted by Gasteiger charge is 2.36. The molecule has 2 rings (SSSR count). The van der Waals surface area contributed by atoms with Gasteiger partial charge in [0.25, 0.3) is 5.91 Å². The lowest BCUT2D eigenvalue weighted by Crippen LogP contribution is -2.46. The molecule has 0 aromatic heterocycles. The summed E-state index contributed by atoms with van der Waals surface area (Å²) in [5.74, 6) is 0.766. The molecule has 1 aliphatic rings. The zero-order chi connectivity index (χ0) is 20.4. The van der Waals surface area contributed by atoms with Crippen LogP contribution in [-0.2, 0) is 11.3 Å². The Labute approximate surface area is 192 Å². The molecule has 1 amide bonds. The number of nitrogens with zero attached hydrogens (tertiary/aromatic N) is 1. The minimum Gasteiger partial charge on any atom is -0.385 e. The molecular weight excluding hydrogens is 479 g/mol. The van der Waals surface area contributed by atoms with Crippen molar-refractivity contribution in [2.45, 2.75) is 58.5 Å². The monoisotopic (exact) mass is 516 g/mol. The molecule has 1 atom stereocenters. The largest absolute Gasteiger partial charge is 0.385 e. The third-order valence-corrected chi connectivity index (χ3v) is 5.74. The first-order valence-corrected chi connectivity index (χ1v) is 10.3. The second kappa shape index (κ2) is 13.1. The van der Waals surface area contributed by atoms with Gasteiger partial charge in [-0.2, -0.15) is 0 Å². The van der Waals surface area contributed by atoms with E-state index in [0.717, 1.165) is 37.5 Å². The van der Waals surface area contributed by atoms with Crippen LogP contribution in [0.5, 0.6) is 0 Å². The van der Waals surface area contributed by atoms with Crippen molar-refractivity contribution in [1.82, 2.24) is 16.0 Å². The standard InChI is InChI=1S/C22H36N4O2.HI/c1-5-17(2)26-20(27)19-9-6-8-18(14-19)15-24-21(23-3)25-16-22(10-7-11-22)12-13-28-4;/h6,8-9,14,17H,5,7,10-13,15-16H2,1-4H3,(H,26,27)(H2,23,24,25);1H. The summed E-state index contributed by atoms with van der Waals surface area (Å²) in [5, 5.41) is 9.83. The fourth-order valence-electron chi connectivity index (χ4n) is 3.42. The minimum atomic E-state index is -0.0243. The highest BCUT2D eigenvalue weighted by Crippen LogP contribution is 2.43. The fraction of sp³-hybridized carbons (Fsp3) is 0.636. The molecule has 1 fully saturated rings. The molecule has 0 saturated heterocycles. The van der Waals surface area contributed by atoms with Crippen LogP contribution >= 0.6 is 24.0 Å². The van der Waals surface area contributed by atoms with Crippen LogP contribution in [-0.4, -0.2) is 45.2 Å². The summed E-state index contributed by atoms with van der Waals surface area (Å²) in [7, 11) is 3.55. The van der Waals surface area contributed by atoms with Crippen LogP contribution in [0, 0.1) is 5.41 Å². The van der Waals surface area contributed by atoms with Crippen molar-refractivity contribution in [3.8, 4) is 0 Å². The Hall–Kier alpha value is -1.35. The number of hydrogen-bond acceptors (Lipinski definition) is 3. The molecule has 164 valence electrons.